The molecule has 4 unspecified atom stereocenters. The molecule has 192 valence electrons. The number of rotatable bonds is 19. The van der Waals surface area contributed by atoms with Crippen molar-refractivity contribution in [1.29, 1.82) is 0 Å². The van der Waals surface area contributed by atoms with E-state index in [9.17, 15) is 19.2 Å². The van der Waals surface area contributed by atoms with Crippen LogP contribution in [0.4, 0.5) is 0 Å². The molecule has 0 heterocycles. The summed E-state index contributed by atoms with van der Waals surface area (Å²) in [5.41, 5.74) is 16.9. The van der Waals surface area contributed by atoms with Gasteiger partial charge in [-0.1, -0.05) is 6.42 Å². The lowest BCUT2D eigenvalue weighted by Crippen LogP contribution is -2.57. The third-order valence-electron chi connectivity index (χ3n) is 4.93. The van der Waals surface area contributed by atoms with E-state index < -0.39 is 54.5 Å². The van der Waals surface area contributed by atoms with Crippen molar-refractivity contribution in [2.75, 3.05) is 31.7 Å². The number of carbonyl (C=O) groups is 4. The van der Waals surface area contributed by atoms with E-state index in [0.29, 0.717) is 50.9 Å². The third-order valence-corrected chi connectivity index (χ3v) is 5.57. The number of hydrogen-bond acceptors (Lipinski definition) is 9. The molecule has 0 saturated carbocycles. The first kappa shape index (κ1) is 31.1. The summed E-state index contributed by atoms with van der Waals surface area (Å²) < 4.78 is 0. The summed E-state index contributed by atoms with van der Waals surface area (Å²) >= 11 is 1.45. The standard InChI is InChI=1S/C20H40N6O6S/c1-33-11-8-15(19(30)26-16(12-27)20(31)32)25-18(29)14(7-3-5-10-22)24-17(28)13(23)6-2-4-9-21/h13-16,27H,2-12,21-23H2,1H3,(H,24,28)(H,25,29)(H,26,30)(H,31,32). The van der Waals surface area contributed by atoms with Gasteiger partial charge in [0.2, 0.25) is 17.7 Å². The molecule has 3 amide bonds. The Balaban J connectivity index is 5.29. The van der Waals surface area contributed by atoms with Crippen LogP contribution in [0.25, 0.3) is 0 Å². The van der Waals surface area contributed by atoms with Crippen LogP contribution in [0.2, 0.25) is 0 Å². The van der Waals surface area contributed by atoms with Crippen LogP contribution in [-0.4, -0.2) is 89.8 Å². The molecule has 33 heavy (non-hydrogen) atoms. The van der Waals surface area contributed by atoms with Gasteiger partial charge in [0.25, 0.3) is 0 Å². The van der Waals surface area contributed by atoms with Gasteiger partial charge in [0.15, 0.2) is 0 Å². The summed E-state index contributed by atoms with van der Waals surface area (Å²) in [6, 6.07) is -4.25. The minimum absolute atomic E-state index is 0.235. The predicted molar refractivity (Wildman–Crippen MR) is 127 cm³/mol. The van der Waals surface area contributed by atoms with E-state index >= 15 is 0 Å². The second-order valence-electron chi connectivity index (χ2n) is 7.66. The molecule has 0 aliphatic carbocycles. The van der Waals surface area contributed by atoms with Crippen molar-refractivity contribution in [2.24, 2.45) is 17.2 Å². The lowest BCUT2D eigenvalue weighted by Gasteiger charge is -2.25. The molecular weight excluding hydrogens is 452 g/mol. The first-order chi connectivity index (χ1) is 15.7. The number of aliphatic carboxylic acids is 1. The zero-order chi connectivity index (χ0) is 25.2. The molecule has 0 spiro atoms. The topological polar surface area (TPSA) is 223 Å². The van der Waals surface area contributed by atoms with Gasteiger partial charge in [-0.3, -0.25) is 14.4 Å². The summed E-state index contributed by atoms with van der Waals surface area (Å²) in [4.78, 5) is 49.1. The molecule has 13 heteroatoms. The Hall–Kier alpha value is -1.93. The minimum Gasteiger partial charge on any atom is -0.480 e. The number of aliphatic hydroxyl groups excluding tert-OH is 1. The molecule has 0 aromatic rings. The fraction of sp³-hybridized carbons (Fsp3) is 0.800. The van der Waals surface area contributed by atoms with E-state index in [1.165, 1.54) is 11.8 Å². The Morgan fingerprint density at radius 1 is 0.788 bits per heavy atom. The maximum absolute atomic E-state index is 13.0. The van der Waals surface area contributed by atoms with Crippen molar-refractivity contribution in [3.8, 4) is 0 Å². The van der Waals surface area contributed by atoms with Crippen molar-refractivity contribution >= 4 is 35.5 Å². The van der Waals surface area contributed by atoms with Gasteiger partial charge in [-0.15, -0.1) is 0 Å². The number of amides is 3. The van der Waals surface area contributed by atoms with Gasteiger partial charge in [0.1, 0.15) is 18.1 Å². The highest BCUT2D eigenvalue weighted by Gasteiger charge is 2.29. The number of carboxylic acid groups (broad SMARTS) is 1. The van der Waals surface area contributed by atoms with Crippen LogP contribution in [0.15, 0.2) is 0 Å². The molecule has 12 nitrogen and oxygen atoms in total. The first-order valence-electron chi connectivity index (χ1n) is 11.1. The summed E-state index contributed by atoms with van der Waals surface area (Å²) in [6.45, 7) is 0.137. The van der Waals surface area contributed by atoms with Crippen LogP contribution in [-0.2, 0) is 19.2 Å². The van der Waals surface area contributed by atoms with Gasteiger partial charge in [-0.25, -0.2) is 4.79 Å². The number of nitrogens with two attached hydrogens (primary N) is 3. The summed E-state index contributed by atoms with van der Waals surface area (Å²) in [5.74, 6) is -2.66. The largest absolute Gasteiger partial charge is 0.480 e. The lowest BCUT2D eigenvalue weighted by molar-refractivity contribution is -0.143. The van der Waals surface area contributed by atoms with Crippen molar-refractivity contribution < 1.29 is 29.4 Å². The normalized spacial score (nSPS) is 14.6. The van der Waals surface area contributed by atoms with Crippen molar-refractivity contribution in [2.45, 2.75) is 69.1 Å². The van der Waals surface area contributed by atoms with Crippen molar-refractivity contribution in [3.63, 3.8) is 0 Å². The highest BCUT2D eigenvalue weighted by Crippen LogP contribution is 2.07. The molecule has 0 radical (unpaired) electrons. The fourth-order valence-corrected chi connectivity index (χ4v) is 3.39. The highest BCUT2D eigenvalue weighted by molar-refractivity contribution is 7.98. The van der Waals surface area contributed by atoms with Gasteiger partial charge in [-0.2, -0.15) is 11.8 Å². The number of carboxylic acids is 1. The summed E-state index contributed by atoms with van der Waals surface area (Å²) in [7, 11) is 0. The molecule has 4 atom stereocenters. The van der Waals surface area contributed by atoms with Crippen LogP contribution in [0.3, 0.4) is 0 Å². The molecular formula is C20H40N6O6S. The van der Waals surface area contributed by atoms with Gasteiger partial charge in [-0.05, 0) is 63.6 Å². The maximum Gasteiger partial charge on any atom is 0.328 e. The number of carbonyl (C=O) groups excluding carboxylic acids is 3. The Bertz CT molecular complexity index is 612. The van der Waals surface area contributed by atoms with Crippen LogP contribution in [0.1, 0.15) is 44.9 Å². The summed E-state index contributed by atoms with van der Waals surface area (Å²) in [6.07, 6.45) is 5.43. The quantitative estimate of drug-likeness (QED) is 0.0913. The molecule has 0 rings (SSSR count). The number of hydrogen-bond donors (Lipinski definition) is 8. The third kappa shape index (κ3) is 13.4. The SMILES string of the molecule is CSCCC(NC(=O)C(CCCCN)NC(=O)C(N)CCCCN)C(=O)NC(CO)C(=O)O. The Kier molecular flexibility index (Phi) is 17.4. The van der Waals surface area contributed by atoms with Crippen LogP contribution in [0.5, 0.6) is 0 Å². The van der Waals surface area contributed by atoms with Gasteiger partial charge >= 0.3 is 5.97 Å². The highest BCUT2D eigenvalue weighted by atomic mass is 32.2. The van der Waals surface area contributed by atoms with Crippen LogP contribution in [0, 0.1) is 0 Å². The molecule has 0 aliphatic rings. The van der Waals surface area contributed by atoms with E-state index in [1.807, 2.05) is 6.26 Å². The molecule has 0 aliphatic heterocycles. The molecule has 11 N–H and O–H groups in total. The first-order valence-corrected chi connectivity index (χ1v) is 12.5. The number of aliphatic hydroxyl groups is 1. The number of nitrogens with one attached hydrogen (secondary N) is 3. The van der Waals surface area contributed by atoms with Crippen LogP contribution < -0.4 is 33.2 Å². The molecule has 0 fully saturated rings. The zero-order valence-electron chi connectivity index (χ0n) is 19.3. The van der Waals surface area contributed by atoms with E-state index in [2.05, 4.69) is 16.0 Å². The number of unbranched alkanes of at least 4 members (excludes halogenated alkanes) is 2. The molecule has 0 aromatic carbocycles. The van der Waals surface area contributed by atoms with Gasteiger partial charge in [0, 0.05) is 0 Å². The van der Waals surface area contributed by atoms with E-state index in [1.54, 1.807) is 0 Å². The Morgan fingerprint density at radius 3 is 1.76 bits per heavy atom. The smallest absolute Gasteiger partial charge is 0.328 e. The van der Waals surface area contributed by atoms with Crippen LogP contribution >= 0.6 is 11.8 Å². The second kappa shape index (κ2) is 18.5. The minimum atomic E-state index is -1.49. The maximum atomic E-state index is 13.0. The second-order valence-corrected chi connectivity index (χ2v) is 8.65. The van der Waals surface area contributed by atoms with E-state index in [-0.39, 0.29) is 6.42 Å². The fourth-order valence-electron chi connectivity index (χ4n) is 2.91. The monoisotopic (exact) mass is 492 g/mol. The Labute approximate surface area is 199 Å². The van der Waals surface area contributed by atoms with Gasteiger partial charge < -0.3 is 43.4 Å². The average molecular weight is 493 g/mol. The molecule has 0 aromatic heterocycles. The Morgan fingerprint density at radius 2 is 1.27 bits per heavy atom. The van der Waals surface area contributed by atoms with E-state index in [4.69, 9.17) is 27.4 Å². The molecule has 0 saturated heterocycles. The van der Waals surface area contributed by atoms with Crippen molar-refractivity contribution in [1.82, 2.24) is 16.0 Å². The zero-order valence-corrected chi connectivity index (χ0v) is 20.1. The van der Waals surface area contributed by atoms with Crippen molar-refractivity contribution in [3.05, 3.63) is 0 Å². The van der Waals surface area contributed by atoms with E-state index in [0.717, 1.165) is 6.42 Å². The average Bonchev–Trinajstić information content (AvgIpc) is 2.78. The van der Waals surface area contributed by atoms with Gasteiger partial charge in [0.05, 0.1) is 12.6 Å². The predicted octanol–water partition coefficient (Wildman–Crippen LogP) is -2.14. The molecule has 0 bridgehead atoms. The summed E-state index contributed by atoms with van der Waals surface area (Å²) in [5, 5.41) is 25.7. The number of thioether (sulfide) groups is 1. The lowest BCUT2D eigenvalue weighted by atomic mass is 10.1.